The predicted octanol–water partition coefficient (Wildman–Crippen LogP) is 1.42. The maximum Gasteiger partial charge on any atom is 0.416 e. The fourth-order valence-electron chi connectivity index (χ4n) is 4.14. The lowest BCUT2D eigenvalue weighted by molar-refractivity contribution is -0.138. The van der Waals surface area contributed by atoms with Gasteiger partial charge in [-0.1, -0.05) is 18.7 Å². The molecule has 1 aliphatic rings. The molecule has 1 saturated heterocycles. The van der Waals surface area contributed by atoms with Crippen LogP contribution in [0.15, 0.2) is 55.0 Å². The molecule has 0 bridgehead atoms. The van der Waals surface area contributed by atoms with E-state index in [4.69, 9.17) is 17.2 Å². The number of halogens is 3. The first-order valence-electron chi connectivity index (χ1n) is 11.2. The summed E-state index contributed by atoms with van der Waals surface area (Å²) in [6.45, 7) is 10.1. The molecule has 0 saturated carbocycles. The Morgan fingerprint density at radius 1 is 1.20 bits per heavy atom. The number of hydrogen-bond donors (Lipinski definition) is 4. The van der Waals surface area contributed by atoms with Crippen molar-refractivity contribution in [2.45, 2.75) is 26.6 Å². The van der Waals surface area contributed by atoms with E-state index in [1.165, 1.54) is 13.0 Å². The maximum absolute atomic E-state index is 13.3. The van der Waals surface area contributed by atoms with Crippen LogP contribution in [0.3, 0.4) is 0 Å². The van der Waals surface area contributed by atoms with Gasteiger partial charge in [-0.15, -0.1) is 0 Å². The molecule has 10 heteroatoms. The van der Waals surface area contributed by atoms with Gasteiger partial charge in [-0.2, -0.15) is 13.2 Å². The van der Waals surface area contributed by atoms with Crippen LogP contribution in [0.1, 0.15) is 23.6 Å². The molecule has 0 unspecified atom stereocenters. The van der Waals surface area contributed by atoms with Gasteiger partial charge < -0.3 is 32.3 Å². The third-order valence-corrected chi connectivity index (χ3v) is 6.15. The van der Waals surface area contributed by atoms with Gasteiger partial charge in [-0.25, -0.2) is 0 Å². The maximum atomic E-state index is 13.3. The Morgan fingerprint density at radius 2 is 1.89 bits per heavy atom. The summed E-state index contributed by atoms with van der Waals surface area (Å²) in [5, 5.41) is 4.18. The topological polar surface area (TPSA) is 109 Å². The molecule has 7 nitrogen and oxygen atoms in total. The smallest absolute Gasteiger partial charge is 0.403 e. The third kappa shape index (κ3) is 5.82. The first-order chi connectivity index (χ1) is 16.6. The number of anilines is 1. The number of rotatable bonds is 6. The highest BCUT2D eigenvalue weighted by Crippen LogP contribution is 2.32. The molecule has 0 atom stereocenters. The number of allylic oxidation sites excluding steroid dienone is 1. The number of pyridine rings is 1. The summed E-state index contributed by atoms with van der Waals surface area (Å²) in [5.74, 6) is 0.287. The Labute approximate surface area is 203 Å². The molecule has 1 fully saturated rings. The van der Waals surface area contributed by atoms with Crippen molar-refractivity contribution < 1.29 is 13.2 Å². The van der Waals surface area contributed by atoms with Gasteiger partial charge in [-0.3, -0.25) is 4.98 Å². The number of nitrogens with one attached hydrogen (secondary N) is 1. The highest BCUT2D eigenvalue weighted by Gasteiger charge is 2.32. The van der Waals surface area contributed by atoms with E-state index >= 15 is 0 Å². The number of piperazine rings is 1. The quantitative estimate of drug-likeness (QED) is 0.456. The first-order valence-corrected chi connectivity index (χ1v) is 11.2. The number of hydrogen-bond acceptors (Lipinski definition) is 7. The van der Waals surface area contributed by atoms with E-state index in [1.807, 2.05) is 6.07 Å². The fourth-order valence-corrected chi connectivity index (χ4v) is 4.14. The van der Waals surface area contributed by atoms with Crippen molar-refractivity contribution in [3.63, 3.8) is 0 Å². The van der Waals surface area contributed by atoms with E-state index in [-0.39, 0.29) is 17.9 Å². The Morgan fingerprint density at radius 3 is 2.46 bits per heavy atom. The lowest BCUT2D eigenvalue weighted by atomic mass is 10.0. The molecule has 188 valence electrons. The van der Waals surface area contributed by atoms with Gasteiger partial charge in [0.2, 0.25) is 0 Å². The highest BCUT2D eigenvalue weighted by atomic mass is 19.4. The second-order valence-electron chi connectivity index (χ2n) is 8.40. The van der Waals surface area contributed by atoms with Crippen molar-refractivity contribution in [3.05, 3.63) is 82.3 Å². The largest absolute Gasteiger partial charge is 0.416 e. The van der Waals surface area contributed by atoms with Crippen molar-refractivity contribution >= 4 is 17.2 Å². The first kappa shape index (κ1) is 25.8. The SMILES string of the molecule is C=C/C(=C\N)N1CCN(c2cnc(=C(\C)N)/c(=C(\N)NCc3cccc(C(F)(F)F)c3C)c2)CC1. The van der Waals surface area contributed by atoms with Crippen molar-refractivity contribution in [3.8, 4) is 0 Å². The summed E-state index contributed by atoms with van der Waals surface area (Å²) in [4.78, 5) is 8.87. The molecule has 1 aromatic heterocycles. The number of nitrogens with two attached hydrogens (primary N) is 3. The Hall–Kier alpha value is -3.82. The number of benzene rings is 1. The minimum atomic E-state index is -4.41. The van der Waals surface area contributed by atoms with Gasteiger partial charge in [-0.05, 0) is 43.2 Å². The number of nitrogens with zero attached hydrogens (tertiary/aromatic N) is 3. The molecule has 2 aromatic rings. The Bertz CT molecular complexity index is 1220. The third-order valence-electron chi connectivity index (χ3n) is 6.15. The Kier molecular flexibility index (Phi) is 7.83. The molecular weight excluding hydrogens is 455 g/mol. The minimum Gasteiger partial charge on any atom is -0.403 e. The van der Waals surface area contributed by atoms with E-state index in [1.54, 1.807) is 31.5 Å². The molecule has 0 amide bonds. The summed E-state index contributed by atoms with van der Waals surface area (Å²) in [6.07, 6.45) is 0.618. The van der Waals surface area contributed by atoms with E-state index < -0.39 is 11.7 Å². The van der Waals surface area contributed by atoms with Crippen LogP contribution in [0, 0.1) is 6.92 Å². The highest BCUT2D eigenvalue weighted by molar-refractivity contribution is 5.52. The lowest BCUT2D eigenvalue weighted by Gasteiger charge is -2.37. The van der Waals surface area contributed by atoms with Crippen LogP contribution in [-0.4, -0.2) is 36.1 Å². The average molecular weight is 488 g/mol. The molecular formula is C25H32F3N7. The molecule has 0 aliphatic carbocycles. The molecule has 35 heavy (non-hydrogen) atoms. The van der Waals surface area contributed by atoms with Crippen LogP contribution in [0.2, 0.25) is 0 Å². The monoisotopic (exact) mass is 487 g/mol. The van der Waals surface area contributed by atoms with Crippen LogP contribution in [0.4, 0.5) is 18.9 Å². The molecule has 0 spiro atoms. The molecule has 7 N–H and O–H groups in total. The summed E-state index contributed by atoms with van der Waals surface area (Å²) >= 11 is 0. The van der Waals surface area contributed by atoms with Crippen LogP contribution >= 0.6 is 0 Å². The average Bonchev–Trinajstić information content (AvgIpc) is 2.83. The van der Waals surface area contributed by atoms with Gasteiger partial charge >= 0.3 is 6.18 Å². The Balaban J connectivity index is 1.89. The van der Waals surface area contributed by atoms with Gasteiger partial charge in [0.25, 0.3) is 0 Å². The standard InChI is InChI=1S/C25H32F3N7/c1-4-19(13-29)34-8-10-35(11-9-34)20-12-21(23(17(3)30)32-15-20)24(31)33-14-18-6-5-7-22(16(18)2)25(26,27)28/h4-7,12-13,15,33H,1,8-11,14,29-31H2,2-3H3/b19-13+,23-17+,24-21+. The summed E-state index contributed by atoms with van der Waals surface area (Å²) in [5.41, 5.74) is 20.3. The van der Waals surface area contributed by atoms with Crippen LogP contribution in [-0.2, 0) is 12.7 Å². The number of alkyl halides is 3. The van der Waals surface area contributed by atoms with E-state index in [9.17, 15) is 13.2 Å². The summed E-state index contributed by atoms with van der Waals surface area (Å²) < 4.78 is 39.8. The normalized spacial score (nSPS) is 16.7. The molecule has 1 aliphatic heterocycles. The summed E-state index contributed by atoms with van der Waals surface area (Å²) in [7, 11) is 0. The van der Waals surface area contributed by atoms with Crippen molar-refractivity contribution in [1.82, 2.24) is 15.2 Å². The molecule has 0 radical (unpaired) electrons. The van der Waals surface area contributed by atoms with Gasteiger partial charge in [0.05, 0.1) is 28.5 Å². The van der Waals surface area contributed by atoms with E-state index in [2.05, 4.69) is 26.7 Å². The van der Waals surface area contributed by atoms with Crippen molar-refractivity contribution in [2.24, 2.45) is 17.2 Å². The van der Waals surface area contributed by atoms with Gasteiger partial charge in [0.15, 0.2) is 0 Å². The predicted molar refractivity (Wildman–Crippen MR) is 134 cm³/mol. The number of aromatic nitrogens is 1. The summed E-state index contributed by atoms with van der Waals surface area (Å²) in [6, 6.07) is 6.02. The molecule has 3 rings (SSSR count). The zero-order valence-corrected chi connectivity index (χ0v) is 20.0. The second-order valence-corrected chi connectivity index (χ2v) is 8.40. The van der Waals surface area contributed by atoms with Crippen LogP contribution in [0.25, 0.3) is 11.5 Å². The zero-order chi connectivity index (χ0) is 25.8. The van der Waals surface area contributed by atoms with E-state index in [0.717, 1.165) is 43.6 Å². The molecule has 1 aromatic carbocycles. The fraction of sp³-hybridized carbons (Fsp3) is 0.320. The zero-order valence-electron chi connectivity index (χ0n) is 20.0. The van der Waals surface area contributed by atoms with Crippen LogP contribution < -0.4 is 38.0 Å². The van der Waals surface area contributed by atoms with Gasteiger partial charge in [0, 0.05) is 49.8 Å². The lowest BCUT2D eigenvalue weighted by Crippen LogP contribution is -2.47. The van der Waals surface area contributed by atoms with Crippen molar-refractivity contribution in [2.75, 3.05) is 31.1 Å². The van der Waals surface area contributed by atoms with Crippen molar-refractivity contribution in [1.29, 1.82) is 0 Å². The second kappa shape index (κ2) is 10.6. The van der Waals surface area contributed by atoms with Gasteiger partial charge in [0.1, 0.15) is 5.82 Å². The van der Waals surface area contributed by atoms with E-state index in [0.29, 0.717) is 21.8 Å². The minimum absolute atomic E-state index is 0.128. The van der Waals surface area contributed by atoms with Crippen LogP contribution in [0.5, 0.6) is 0 Å². The molecule has 2 heterocycles.